The summed E-state index contributed by atoms with van der Waals surface area (Å²) in [4.78, 5) is 10.4. The van der Waals surface area contributed by atoms with E-state index < -0.39 is 10.7 Å². The fourth-order valence-electron chi connectivity index (χ4n) is 1.81. The molecule has 6 nitrogen and oxygen atoms in total. The van der Waals surface area contributed by atoms with Crippen LogP contribution < -0.4 is 0 Å². The summed E-state index contributed by atoms with van der Waals surface area (Å²) in [5.74, 6) is 0.224. The molecular formula is C13H13FN4O2S. The number of halogens is 1. The first kappa shape index (κ1) is 15.2. The molecule has 0 radical (unpaired) electrons. The molecule has 0 saturated carbocycles. The Balaban J connectivity index is 2.25. The first-order chi connectivity index (χ1) is 10.0. The molecule has 0 aliphatic heterocycles. The Labute approximate surface area is 124 Å². The summed E-state index contributed by atoms with van der Waals surface area (Å²) in [5, 5.41) is 19.4. The van der Waals surface area contributed by atoms with E-state index in [1.165, 1.54) is 30.0 Å². The van der Waals surface area contributed by atoms with Crippen molar-refractivity contribution in [2.24, 2.45) is 0 Å². The molecule has 0 N–H and O–H groups in total. The number of rotatable bonds is 6. The Morgan fingerprint density at radius 2 is 2.29 bits per heavy atom. The number of nitro groups is 1. The van der Waals surface area contributed by atoms with E-state index in [0.717, 1.165) is 0 Å². The number of aryl methyl sites for hydroxylation is 1. The van der Waals surface area contributed by atoms with Crippen LogP contribution in [0, 0.1) is 22.9 Å². The van der Waals surface area contributed by atoms with Crippen LogP contribution in [0.4, 0.5) is 10.1 Å². The summed E-state index contributed by atoms with van der Waals surface area (Å²) < 4.78 is 15.6. The van der Waals surface area contributed by atoms with Crippen molar-refractivity contribution in [3.05, 3.63) is 58.2 Å². The van der Waals surface area contributed by atoms with Crippen molar-refractivity contribution >= 4 is 17.4 Å². The van der Waals surface area contributed by atoms with Gasteiger partial charge in [0.1, 0.15) is 11.6 Å². The maximum absolute atomic E-state index is 13.8. The number of hydrogen-bond acceptors (Lipinski definition) is 5. The van der Waals surface area contributed by atoms with Gasteiger partial charge in [0.15, 0.2) is 5.16 Å². The van der Waals surface area contributed by atoms with E-state index in [9.17, 15) is 14.5 Å². The Hall–Kier alpha value is -2.22. The Bertz CT molecular complexity index is 687. The van der Waals surface area contributed by atoms with Crippen molar-refractivity contribution in [3.63, 3.8) is 0 Å². The Morgan fingerprint density at radius 3 is 2.95 bits per heavy atom. The lowest BCUT2D eigenvalue weighted by molar-refractivity contribution is -0.385. The van der Waals surface area contributed by atoms with Gasteiger partial charge in [-0.2, -0.15) is 0 Å². The van der Waals surface area contributed by atoms with E-state index in [0.29, 0.717) is 17.5 Å². The van der Waals surface area contributed by atoms with Crippen LogP contribution in [0.2, 0.25) is 0 Å². The zero-order valence-corrected chi connectivity index (χ0v) is 12.1. The minimum Gasteiger partial charge on any atom is -0.302 e. The number of allylic oxidation sites excluding steroid dienone is 1. The highest BCUT2D eigenvalue weighted by atomic mass is 32.2. The van der Waals surface area contributed by atoms with E-state index in [4.69, 9.17) is 0 Å². The molecule has 2 aromatic rings. The highest BCUT2D eigenvalue weighted by molar-refractivity contribution is 7.98. The fraction of sp³-hybridized carbons (Fsp3) is 0.231. The normalized spacial score (nSPS) is 10.6. The number of aromatic nitrogens is 3. The summed E-state index contributed by atoms with van der Waals surface area (Å²) in [6.45, 7) is 5.98. The minimum absolute atomic E-state index is 0.0540. The first-order valence-electron chi connectivity index (χ1n) is 6.10. The molecule has 0 spiro atoms. The molecule has 0 bridgehead atoms. The third-order valence-corrected chi connectivity index (χ3v) is 3.84. The van der Waals surface area contributed by atoms with Gasteiger partial charge in [-0.3, -0.25) is 10.1 Å². The summed E-state index contributed by atoms with van der Waals surface area (Å²) >= 11 is 1.20. The summed E-state index contributed by atoms with van der Waals surface area (Å²) in [5.41, 5.74) is -0.174. The van der Waals surface area contributed by atoms with Gasteiger partial charge in [0.05, 0.1) is 10.5 Å². The molecule has 0 amide bonds. The Morgan fingerprint density at radius 1 is 1.52 bits per heavy atom. The lowest BCUT2D eigenvalue weighted by atomic mass is 10.2. The van der Waals surface area contributed by atoms with E-state index in [1.54, 1.807) is 13.0 Å². The van der Waals surface area contributed by atoms with E-state index >= 15 is 0 Å². The van der Waals surface area contributed by atoms with Crippen LogP contribution in [0.5, 0.6) is 0 Å². The molecule has 21 heavy (non-hydrogen) atoms. The number of benzene rings is 1. The minimum atomic E-state index is -0.594. The first-order valence-corrected chi connectivity index (χ1v) is 7.08. The zero-order chi connectivity index (χ0) is 15.4. The maximum Gasteiger partial charge on any atom is 0.276 e. The molecule has 1 aromatic heterocycles. The molecular weight excluding hydrogens is 295 g/mol. The van der Waals surface area contributed by atoms with Gasteiger partial charge in [0, 0.05) is 18.4 Å². The van der Waals surface area contributed by atoms with Gasteiger partial charge in [-0.15, -0.1) is 16.8 Å². The third kappa shape index (κ3) is 3.27. The second-order valence-corrected chi connectivity index (χ2v) is 5.15. The van der Waals surface area contributed by atoms with Gasteiger partial charge in [-0.05, 0) is 13.0 Å². The number of nitrogens with zero attached hydrogens (tertiary/aromatic N) is 4. The predicted octanol–water partition coefficient (Wildman–Crippen LogP) is 3.11. The monoisotopic (exact) mass is 308 g/mol. The van der Waals surface area contributed by atoms with Crippen LogP contribution in [0.25, 0.3) is 0 Å². The molecule has 0 saturated heterocycles. The number of nitro benzene ring substituents is 1. The van der Waals surface area contributed by atoms with Crippen LogP contribution in [-0.4, -0.2) is 19.7 Å². The molecule has 1 aromatic carbocycles. The van der Waals surface area contributed by atoms with E-state index in [2.05, 4.69) is 16.8 Å². The molecule has 1 heterocycles. The highest BCUT2D eigenvalue weighted by Crippen LogP contribution is 2.29. The van der Waals surface area contributed by atoms with Gasteiger partial charge in [-0.1, -0.05) is 23.9 Å². The lowest BCUT2D eigenvalue weighted by Crippen LogP contribution is -2.01. The summed E-state index contributed by atoms with van der Waals surface area (Å²) in [6, 6.07) is 3.83. The van der Waals surface area contributed by atoms with Crippen molar-refractivity contribution in [1.82, 2.24) is 14.8 Å². The summed E-state index contributed by atoms with van der Waals surface area (Å²) in [6.07, 6.45) is 1.70. The average Bonchev–Trinajstić information content (AvgIpc) is 2.79. The van der Waals surface area contributed by atoms with E-state index in [1.807, 2.05) is 4.57 Å². The van der Waals surface area contributed by atoms with Gasteiger partial charge in [-0.25, -0.2) is 4.39 Å². The smallest absolute Gasteiger partial charge is 0.276 e. The molecule has 0 aliphatic rings. The molecule has 8 heteroatoms. The van der Waals surface area contributed by atoms with Gasteiger partial charge in [0.25, 0.3) is 5.69 Å². The lowest BCUT2D eigenvalue weighted by Gasteiger charge is -2.06. The van der Waals surface area contributed by atoms with E-state index in [-0.39, 0.29) is 17.0 Å². The maximum atomic E-state index is 13.8. The van der Waals surface area contributed by atoms with Crippen molar-refractivity contribution < 1.29 is 9.31 Å². The van der Waals surface area contributed by atoms with Crippen molar-refractivity contribution in [1.29, 1.82) is 0 Å². The van der Waals surface area contributed by atoms with Crippen molar-refractivity contribution in [2.45, 2.75) is 24.4 Å². The largest absolute Gasteiger partial charge is 0.302 e. The van der Waals surface area contributed by atoms with Crippen LogP contribution in [0.1, 0.15) is 11.4 Å². The molecule has 0 aliphatic carbocycles. The van der Waals surface area contributed by atoms with Crippen LogP contribution in [-0.2, 0) is 12.3 Å². The second kappa shape index (κ2) is 6.49. The quantitative estimate of drug-likeness (QED) is 0.355. The van der Waals surface area contributed by atoms with Gasteiger partial charge in [0.2, 0.25) is 0 Å². The van der Waals surface area contributed by atoms with Crippen LogP contribution in [0.15, 0.2) is 36.0 Å². The molecule has 2 rings (SSSR count). The van der Waals surface area contributed by atoms with Crippen molar-refractivity contribution in [3.8, 4) is 0 Å². The third-order valence-electron chi connectivity index (χ3n) is 2.85. The van der Waals surface area contributed by atoms with Crippen LogP contribution in [0.3, 0.4) is 0 Å². The number of hydrogen-bond donors (Lipinski definition) is 0. The molecule has 0 atom stereocenters. The van der Waals surface area contributed by atoms with Gasteiger partial charge >= 0.3 is 0 Å². The number of thioether (sulfide) groups is 1. The predicted molar refractivity (Wildman–Crippen MR) is 77.6 cm³/mol. The SMILES string of the molecule is C=CCn1c(C)nnc1SCc1c(F)cccc1[N+](=O)[O-]. The highest BCUT2D eigenvalue weighted by Gasteiger charge is 2.19. The average molecular weight is 308 g/mol. The second-order valence-electron chi connectivity index (χ2n) is 4.21. The molecule has 110 valence electrons. The topological polar surface area (TPSA) is 73.8 Å². The zero-order valence-electron chi connectivity index (χ0n) is 11.3. The summed E-state index contributed by atoms with van der Waals surface area (Å²) in [7, 11) is 0. The fourth-order valence-corrected chi connectivity index (χ4v) is 2.83. The van der Waals surface area contributed by atoms with Crippen molar-refractivity contribution in [2.75, 3.05) is 0 Å². The Kier molecular flexibility index (Phi) is 4.69. The standard InChI is InChI=1S/C13H13FN4O2S/c1-3-7-17-9(2)15-16-13(17)21-8-10-11(14)5-4-6-12(10)18(19)20/h3-6H,1,7-8H2,2H3. The van der Waals surface area contributed by atoms with Crippen LogP contribution >= 0.6 is 11.8 Å². The van der Waals surface area contributed by atoms with Gasteiger partial charge < -0.3 is 4.57 Å². The molecule has 0 fully saturated rings. The molecule has 0 unspecified atom stereocenters.